The van der Waals surface area contributed by atoms with Crippen LogP contribution in [-0.4, -0.2) is 39.5 Å². The highest BCUT2D eigenvalue weighted by Gasteiger charge is 2.38. The first kappa shape index (κ1) is 24.9. The predicted octanol–water partition coefficient (Wildman–Crippen LogP) is 4.25. The molecule has 2 N–H and O–H groups in total. The van der Waals surface area contributed by atoms with Crippen LogP contribution in [0.4, 0.5) is 26.3 Å². The standard InChI is InChI=1S/C22H20F6N4O3/c23-21(24,25)15-8-13(9-16(10-15)22(26,27)28)12-35-19-18(14-4-2-1-3-5-14)32(6-7-34-19)11-17-29-20(33)31-30-17/h1-5,8-10,18-19H,6-7,11-12H2,(H2,29,30,31,33)/t18-,19+/m1/s1. The third-order valence-electron chi connectivity index (χ3n) is 5.42. The van der Waals surface area contributed by atoms with Crippen molar-refractivity contribution >= 4 is 0 Å². The molecule has 0 unspecified atom stereocenters. The molecule has 1 fully saturated rings. The molecule has 0 spiro atoms. The maximum Gasteiger partial charge on any atom is 0.416 e. The number of halogens is 6. The second-order valence-corrected chi connectivity index (χ2v) is 7.91. The van der Waals surface area contributed by atoms with Crippen molar-refractivity contribution in [3.63, 3.8) is 0 Å². The molecule has 1 saturated heterocycles. The largest absolute Gasteiger partial charge is 0.416 e. The number of ether oxygens (including phenoxy) is 2. The van der Waals surface area contributed by atoms with Crippen molar-refractivity contribution in [3.05, 3.63) is 87.1 Å². The van der Waals surface area contributed by atoms with Crippen LogP contribution in [0.5, 0.6) is 0 Å². The molecule has 1 aromatic heterocycles. The zero-order chi connectivity index (χ0) is 25.2. The SMILES string of the molecule is O=c1[nH]nc(CN2CCO[C@@H](OCc3cc(C(F)(F)F)cc(C(F)(F)F)c3)[C@H]2c2ccccc2)[nH]1. The Bertz CT molecular complexity index is 1160. The molecule has 0 aliphatic carbocycles. The summed E-state index contributed by atoms with van der Waals surface area (Å²) in [6, 6.07) is 9.68. The topological polar surface area (TPSA) is 83.2 Å². The molecule has 0 radical (unpaired) electrons. The summed E-state index contributed by atoms with van der Waals surface area (Å²) < 4.78 is 90.7. The van der Waals surface area contributed by atoms with E-state index < -0.39 is 48.1 Å². The Labute approximate surface area is 194 Å². The van der Waals surface area contributed by atoms with Crippen molar-refractivity contribution in [3.8, 4) is 0 Å². The van der Waals surface area contributed by atoms with E-state index in [2.05, 4.69) is 15.2 Å². The normalized spacial score (nSPS) is 19.7. The number of aromatic amines is 2. The number of morpholine rings is 1. The number of hydrogen-bond donors (Lipinski definition) is 2. The molecule has 0 saturated carbocycles. The second-order valence-electron chi connectivity index (χ2n) is 7.91. The quantitative estimate of drug-likeness (QED) is 0.493. The maximum absolute atomic E-state index is 13.2. The summed E-state index contributed by atoms with van der Waals surface area (Å²) in [5.74, 6) is 0.351. The monoisotopic (exact) mass is 502 g/mol. The third kappa shape index (κ3) is 6.10. The van der Waals surface area contributed by atoms with Gasteiger partial charge in [-0.1, -0.05) is 30.3 Å². The molecule has 35 heavy (non-hydrogen) atoms. The van der Waals surface area contributed by atoms with Crippen LogP contribution in [0.3, 0.4) is 0 Å². The highest BCUT2D eigenvalue weighted by Crippen LogP contribution is 2.37. The molecule has 2 atom stereocenters. The minimum absolute atomic E-state index is 0.0692. The average Bonchev–Trinajstić information content (AvgIpc) is 3.21. The first-order valence-electron chi connectivity index (χ1n) is 10.4. The highest BCUT2D eigenvalue weighted by molar-refractivity contribution is 5.33. The zero-order valence-corrected chi connectivity index (χ0v) is 18.0. The van der Waals surface area contributed by atoms with Crippen molar-refractivity contribution in [2.45, 2.75) is 37.8 Å². The van der Waals surface area contributed by atoms with Crippen LogP contribution in [0.1, 0.15) is 34.1 Å². The van der Waals surface area contributed by atoms with Gasteiger partial charge in [-0.25, -0.2) is 9.89 Å². The lowest BCUT2D eigenvalue weighted by Crippen LogP contribution is -2.46. The number of rotatable bonds is 6. The van der Waals surface area contributed by atoms with Crippen LogP contribution in [0.25, 0.3) is 0 Å². The predicted molar refractivity (Wildman–Crippen MR) is 110 cm³/mol. The van der Waals surface area contributed by atoms with Gasteiger partial charge in [0.05, 0.1) is 36.9 Å². The number of nitrogens with zero attached hydrogens (tertiary/aromatic N) is 2. The summed E-state index contributed by atoms with van der Waals surface area (Å²) in [6.45, 7) is 0.243. The van der Waals surface area contributed by atoms with Crippen LogP contribution in [0.2, 0.25) is 0 Å². The highest BCUT2D eigenvalue weighted by atomic mass is 19.4. The van der Waals surface area contributed by atoms with Crippen LogP contribution in [0, 0.1) is 0 Å². The van der Waals surface area contributed by atoms with Gasteiger partial charge >= 0.3 is 18.0 Å². The summed E-state index contributed by atoms with van der Waals surface area (Å²) in [5.41, 5.74) is -2.87. The molecule has 4 rings (SSSR count). The summed E-state index contributed by atoms with van der Waals surface area (Å²) >= 11 is 0. The number of nitrogens with one attached hydrogen (secondary N) is 2. The van der Waals surface area contributed by atoms with E-state index in [1.807, 2.05) is 4.90 Å². The van der Waals surface area contributed by atoms with Gasteiger partial charge in [-0.2, -0.15) is 31.4 Å². The molecule has 0 amide bonds. The van der Waals surface area contributed by atoms with Crippen molar-refractivity contribution in [1.82, 2.24) is 20.1 Å². The third-order valence-corrected chi connectivity index (χ3v) is 5.42. The maximum atomic E-state index is 13.2. The van der Waals surface area contributed by atoms with Gasteiger partial charge < -0.3 is 9.47 Å². The van der Waals surface area contributed by atoms with Crippen molar-refractivity contribution in [2.24, 2.45) is 0 Å². The molecule has 2 aromatic carbocycles. The average molecular weight is 502 g/mol. The molecule has 2 heterocycles. The molecule has 188 valence electrons. The summed E-state index contributed by atoms with van der Waals surface area (Å²) in [7, 11) is 0. The van der Waals surface area contributed by atoms with Crippen molar-refractivity contribution < 1.29 is 35.8 Å². The van der Waals surface area contributed by atoms with Crippen molar-refractivity contribution in [2.75, 3.05) is 13.2 Å². The lowest BCUT2D eigenvalue weighted by atomic mass is 10.0. The molecule has 1 aliphatic heterocycles. The van der Waals surface area contributed by atoms with E-state index in [4.69, 9.17) is 9.47 Å². The van der Waals surface area contributed by atoms with Gasteiger partial charge in [0.15, 0.2) is 6.29 Å². The van der Waals surface area contributed by atoms with Gasteiger partial charge in [-0.05, 0) is 29.3 Å². The molecular weight excluding hydrogens is 482 g/mol. The Morgan fingerprint density at radius 2 is 1.69 bits per heavy atom. The van der Waals surface area contributed by atoms with E-state index in [9.17, 15) is 31.1 Å². The first-order chi connectivity index (χ1) is 16.5. The lowest BCUT2D eigenvalue weighted by Gasteiger charge is -2.40. The number of alkyl halides is 6. The first-order valence-corrected chi connectivity index (χ1v) is 10.4. The van der Waals surface area contributed by atoms with E-state index in [1.165, 1.54) is 0 Å². The van der Waals surface area contributed by atoms with Gasteiger partial charge in [-0.3, -0.25) is 9.88 Å². The Hall–Kier alpha value is -3.16. The van der Waals surface area contributed by atoms with Crippen LogP contribution >= 0.6 is 0 Å². The lowest BCUT2D eigenvalue weighted by molar-refractivity contribution is -0.218. The molecule has 13 heteroatoms. The Balaban J connectivity index is 1.60. The summed E-state index contributed by atoms with van der Waals surface area (Å²) in [6.07, 6.45) is -10.9. The van der Waals surface area contributed by atoms with Gasteiger partial charge in [-0.15, -0.1) is 0 Å². The summed E-state index contributed by atoms with van der Waals surface area (Å²) in [4.78, 5) is 15.8. The van der Waals surface area contributed by atoms with Crippen LogP contribution in [0.15, 0.2) is 53.3 Å². The fourth-order valence-corrected chi connectivity index (χ4v) is 3.88. The fraction of sp³-hybridized carbons (Fsp3) is 0.364. The second kappa shape index (κ2) is 9.84. The van der Waals surface area contributed by atoms with Crippen molar-refractivity contribution in [1.29, 1.82) is 0 Å². The number of benzene rings is 2. The Kier molecular flexibility index (Phi) is 7.01. The molecule has 7 nitrogen and oxygen atoms in total. The van der Waals surface area contributed by atoms with Gasteiger partial charge in [0, 0.05) is 6.54 Å². The molecule has 3 aromatic rings. The minimum atomic E-state index is -4.96. The minimum Gasteiger partial charge on any atom is -0.349 e. The van der Waals surface area contributed by atoms with E-state index >= 15 is 0 Å². The van der Waals surface area contributed by atoms with E-state index in [0.29, 0.717) is 24.5 Å². The zero-order valence-electron chi connectivity index (χ0n) is 18.0. The van der Waals surface area contributed by atoms with E-state index in [1.54, 1.807) is 30.3 Å². The Morgan fingerprint density at radius 3 is 2.26 bits per heavy atom. The fourth-order valence-electron chi connectivity index (χ4n) is 3.88. The number of H-pyrrole nitrogens is 2. The van der Waals surface area contributed by atoms with Gasteiger partial charge in [0.1, 0.15) is 5.82 Å². The summed E-state index contributed by atoms with van der Waals surface area (Å²) in [5, 5.41) is 6.16. The van der Waals surface area contributed by atoms with E-state index in [0.717, 1.165) is 5.56 Å². The molecule has 1 aliphatic rings. The molecular formula is C22H20F6N4O3. The van der Waals surface area contributed by atoms with E-state index in [-0.39, 0.29) is 24.8 Å². The van der Waals surface area contributed by atoms with Crippen LogP contribution in [-0.2, 0) is 35.0 Å². The smallest absolute Gasteiger partial charge is 0.349 e. The molecule has 0 bridgehead atoms. The van der Waals surface area contributed by atoms with Gasteiger partial charge in [0.25, 0.3) is 0 Å². The van der Waals surface area contributed by atoms with Crippen LogP contribution < -0.4 is 5.69 Å². The number of aromatic nitrogens is 3. The van der Waals surface area contributed by atoms with Gasteiger partial charge in [0.2, 0.25) is 0 Å². The number of hydrogen-bond acceptors (Lipinski definition) is 5. The Morgan fingerprint density at radius 1 is 1.03 bits per heavy atom.